The van der Waals surface area contributed by atoms with Gasteiger partial charge in [0, 0.05) is 17.3 Å². The summed E-state index contributed by atoms with van der Waals surface area (Å²) in [4.78, 5) is 4.44. The Kier molecular flexibility index (Phi) is 2.82. The zero-order valence-electron chi connectivity index (χ0n) is 12.3. The molecule has 20 heavy (non-hydrogen) atoms. The van der Waals surface area contributed by atoms with Crippen molar-refractivity contribution in [1.82, 2.24) is 4.98 Å². The first-order valence-corrected chi connectivity index (χ1v) is 6.79. The van der Waals surface area contributed by atoms with Gasteiger partial charge in [0.2, 0.25) is 0 Å². The topological polar surface area (TPSA) is 57.4 Å². The molecule has 5 heteroatoms. The highest BCUT2D eigenvalue weighted by molar-refractivity contribution is 6.62. The molecule has 1 aliphatic rings. The maximum absolute atomic E-state index is 6.04. The van der Waals surface area contributed by atoms with Crippen LogP contribution >= 0.6 is 0 Å². The molecule has 0 atom stereocenters. The van der Waals surface area contributed by atoms with Crippen LogP contribution in [0, 0.1) is 0 Å². The summed E-state index contributed by atoms with van der Waals surface area (Å²) in [5.74, 6) is 0. The second-order valence-electron chi connectivity index (χ2n) is 6.31. The van der Waals surface area contributed by atoms with Crippen LogP contribution in [0.2, 0.25) is 0 Å². The molecular weight excluding hydrogens is 251 g/mol. The molecule has 0 spiro atoms. The zero-order chi connectivity index (χ0) is 14.5. The predicted molar refractivity (Wildman–Crippen MR) is 81.9 cm³/mol. The Labute approximate surface area is 119 Å². The highest BCUT2D eigenvalue weighted by Gasteiger charge is 2.51. The van der Waals surface area contributed by atoms with E-state index in [0.717, 1.165) is 16.4 Å². The molecule has 104 valence electrons. The van der Waals surface area contributed by atoms with Crippen molar-refractivity contribution in [3.63, 3.8) is 0 Å². The van der Waals surface area contributed by atoms with Gasteiger partial charge in [-0.3, -0.25) is 4.98 Å². The fraction of sp³-hybridized carbons (Fsp3) is 0.400. The Morgan fingerprint density at radius 3 is 2.35 bits per heavy atom. The molecule has 2 N–H and O–H groups in total. The number of nitrogens with zero attached hydrogens (tertiary/aromatic N) is 1. The molecule has 0 unspecified atom stereocenters. The van der Waals surface area contributed by atoms with Crippen LogP contribution in [-0.4, -0.2) is 23.3 Å². The lowest BCUT2D eigenvalue weighted by Gasteiger charge is -2.32. The number of hydrogen-bond donors (Lipinski definition) is 1. The van der Waals surface area contributed by atoms with Crippen molar-refractivity contribution in [2.24, 2.45) is 0 Å². The lowest BCUT2D eigenvalue weighted by molar-refractivity contribution is 0.00578. The minimum atomic E-state index is -0.380. The van der Waals surface area contributed by atoms with Crippen molar-refractivity contribution in [2.45, 2.75) is 38.9 Å². The Bertz CT molecular complexity index is 654. The van der Waals surface area contributed by atoms with Crippen molar-refractivity contribution in [3.05, 3.63) is 30.5 Å². The number of benzene rings is 1. The Morgan fingerprint density at radius 1 is 1.05 bits per heavy atom. The molecule has 3 rings (SSSR count). The van der Waals surface area contributed by atoms with Crippen LogP contribution in [0.3, 0.4) is 0 Å². The molecule has 0 bridgehead atoms. The van der Waals surface area contributed by atoms with Crippen LogP contribution in [0.1, 0.15) is 27.7 Å². The minimum absolute atomic E-state index is 0.340. The smallest absolute Gasteiger partial charge is 0.399 e. The second kappa shape index (κ2) is 4.20. The molecule has 0 aliphatic carbocycles. The fourth-order valence-electron chi connectivity index (χ4n) is 2.26. The van der Waals surface area contributed by atoms with Gasteiger partial charge in [-0.1, -0.05) is 12.1 Å². The number of hydrogen-bond acceptors (Lipinski definition) is 4. The lowest BCUT2D eigenvalue weighted by atomic mass is 9.80. The largest absolute Gasteiger partial charge is 0.496 e. The van der Waals surface area contributed by atoms with Crippen LogP contribution in [0.25, 0.3) is 10.9 Å². The SMILES string of the molecule is CC1(C)OB(c2cnc3cc(N)ccc3c2)OC1(C)C. The van der Waals surface area contributed by atoms with E-state index in [9.17, 15) is 0 Å². The van der Waals surface area contributed by atoms with Gasteiger partial charge in [-0.2, -0.15) is 0 Å². The molecule has 1 aromatic heterocycles. The molecule has 1 saturated heterocycles. The van der Waals surface area contributed by atoms with Crippen LogP contribution < -0.4 is 11.2 Å². The summed E-state index contributed by atoms with van der Waals surface area (Å²) in [6.45, 7) is 8.18. The van der Waals surface area contributed by atoms with Gasteiger partial charge >= 0.3 is 7.12 Å². The van der Waals surface area contributed by atoms with Gasteiger partial charge in [0.1, 0.15) is 0 Å². The molecule has 4 nitrogen and oxygen atoms in total. The summed E-state index contributed by atoms with van der Waals surface area (Å²) < 4.78 is 12.1. The number of nitrogen functional groups attached to an aromatic ring is 1. The Hall–Kier alpha value is -1.59. The summed E-state index contributed by atoms with van der Waals surface area (Å²) >= 11 is 0. The van der Waals surface area contributed by atoms with Gasteiger partial charge in [-0.25, -0.2) is 0 Å². The van der Waals surface area contributed by atoms with Crippen molar-refractivity contribution < 1.29 is 9.31 Å². The summed E-state index contributed by atoms with van der Waals surface area (Å²) in [7, 11) is -0.380. The number of rotatable bonds is 1. The van der Waals surface area contributed by atoms with E-state index in [-0.39, 0.29) is 18.3 Å². The molecule has 1 fully saturated rings. The first kappa shape index (κ1) is 13.4. The van der Waals surface area contributed by atoms with E-state index < -0.39 is 0 Å². The summed E-state index contributed by atoms with van der Waals surface area (Å²) in [5, 5.41) is 1.03. The van der Waals surface area contributed by atoms with E-state index in [2.05, 4.69) is 4.98 Å². The third-order valence-electron chi connectivity index (χ3n) is 4.25. The molecular formula is C15H19BN2O2. The highest BCUT2D eigenvalue weighted by Crippen LogP contribution is 2.36. The van der Waals surface area contributed by atoms with Gasteiger partial charge in [-0.15, -0.1) is 0 Å². The number of fused-ring (bicyclic) bond motifs is 1. The molecule has 2 aromatic rings. The quantitative estimate of drug-likeness (QED) is 0.637. The zero-order valence-corrected chi connectivity index (χ0v) is 12.3. The number of nitrogens with two attached hydrogens (primary N) is 1. The molecule has 1 aromatic carbocycles. The van der Waals surface area contributed by atoms with E-state index in [0.29, 0.717) is 5.69 Å². The molecule has 0 amide bonds. The molecule has 1 aliphatic heterocycles. The second-order valence-corrected chi connectivity index (χ2v) is 6.31. The normalized spacial score (nSPS) is 20.5. The Morgan fingerprint density at radius 2 is 1.70 bits per heavy atom. The summed E-state index contributed by atoms with van der Waals surface area (Å²) in [6.07, 6.45) is 1.80. The fourth-order valence-corrected chi connectivity index (χ4v) is 2.26. The number of pyridine rings is 1. The molecule has 0 radical (unpaired) electrons. The van der Waals surface area contributed by atoms with E-state index in [1.165, 1.54) is 0 Å². The summed E-state index contributed by atoms with van der Waals surface area (Å²) in [6, 6.07) is 7.75. The van der Waals surface area contributed by atoms with Crippen molar-refractivity contribution in [2.75, 3.05) is 5.73 Å². The molecule has 2 heterocycles. The van der Waals surface area contributed by atoms with Crippen LogP contribution in [0.4, 0.5) is 5.69 Å². The first-order chi connectivity index (χ1) is 9.28. The Balaban J connectivity index is 1.98. The van der Waals surface area contributed by atoms with E-state index in [1.807, 2.05) is 52.0 Å². The van der Waals surface area contributed by atoms with Gasteiger partial charge < -0.3 is 15.0 Å². The van der Waals surface area contributed by atoms with E-state index in [1.54, 1.807) is 6.20 Å². The van der Waals surface area contributed by atoms with Crippen molar-refractivity contribution >= 4 is 29.2 Å². The summed E-state index contributed by atoms with van der Waals surface area (Å²) in [5.41, 5.74) is 7.61. The molecule has 0 saturated carbocycles. The van der Waals surface area contributed by atoms with Gasteiger partial charge in [0.25, 0.3) is 0 Å². The van der Waals surface area contributed by atoms with Crippen LogP contribution in [0.15, 0.2) is 30.5 Å². The third-order valence-corrected chi connectivity index (χ3v) is 4.25. The minimum Gasteiger partial charge on any atom is -0.399 e. The van der Waals surface area contributed by atoms with E-state index in [4.69, 9.17) is 15.0 Å². The first-order valence-electron chi connectivity index (χ1n) is 6.79. The van der Waals surface area contributed by atoms with Crippen molar-refractivity contribution in [3.8, 4) is 0 Å². The van der Waals surface area contributed by atoms with Crippen molar-refractivity contribution in [1.29, 1.82) is 0 Å². The van der Waals surface area contributed by atoms with Crippen LogP contribution in [0.5, 0.6) is 0 Å². The maximum atomic E-state index is 6.04. The van der Waals surface area contributed by atoms with Crippen LogP contribution in [-0.2, 0) is 9.31 Å². The third kappa shape index (κ3) is 2.07. The number of anilines is 1. The van der Waals surface area contributed by atoms with Gasteiger partial charge in [0.15, 0.2) is 0 Å². The average molecular weight is 270 g/mol. The van der Waals surface area contributed by atoms with Gasteiger partial charge in [0.05, 0.1) is 16.7 Å². The standard InChI is InChI=1S/C15H19BN2O2/c1-14(2)15(3,4)20-16(19-14)11-7-10-5-6-12(17)8-13(10)18-9-11/h5-9H,17H2,1-4H3. The highest BCUT2D eigenvalue weighted by atomic mass is 16.7. The monoisotopic (exact) mass is 270 g/mol. The number of aromatic nitrogens is 1. The lowest BCUT2D eigenvalue weighted by Crippen LogP contribution is -2.41. The van der Waals surface area contributed by atoms with Gasteiger partial charge in [-0.05, 0) is 45.2 Å². The predicted octanol–water partition coefficient (Wildman–Crippen LogP) is 2.12. The maximum Gasteiger partial charge on any atom is 0.496 e. The average Bonchev–Trinajstić information content (AvgIpc) is 2.58. The van der Waals surface area contributed by atoms with E-state index >= 15 is 0 Å².